The van der Waals surface area contributed by atoms with Gasteiger partial charge in [0.05, 0.1) is 11.9 Å². The highest BCUT2D eigenvalue weighted by atomic mass is 32.2. The lowest BCUT2D eigenvalue weighted by atomic mass is 9.95. The minimum Gasteiger partial charge on any atom is -0.454 e. The molecular weight excluding hydrogens is 501 g/mol. The van der Waals surface area contributed by atoms with E-state index in [1.54, 1.807) is 13.0 Å². The second-order valence-electron chi connectivity index (χ2n) is 9.47. The van der Waals surface area contributed by atoms with E-state index in [2.05, 4.69) is 5.32 Å². The van der Waals surface area contributed by atoms with E-state index in [9.17, 15) is 22.4 Å². The molecule has 2 aromatic rings. The number of carbonyl (C=O) groups is 2. The average molecular weight is 534 g/mol. The van der Waals surface area contributed by atoms with Crippen molar-refractivity contribution < 1.29 is 31.9 Å². The number of nitrogens with zero attached hydrogens (tertiary/aromatic N) is 2. The van der Waals surface area contributed by atoms with Crippen molar-refractivity contribution in [2.24, 2.45) is 0 Å². The second-order valence-corrected chi connectivity index (χ2v) is 11.4. The molecule has 0 saturated heterocycles. The smallest absolute Gasteiger partial charge is 0.244 e. The number of halogens is 1. The predicted octanol–water partition coefficient (Wildman–Crippen LogP) is 3.19. The largest absolute Gasteiger partial charge is 0.454 e. The zero-order valence-electron chi connectivity index (χ0n) is 21.0. The molecule has 4 rings (SSSR count). The minimum absolute atomic E-state index is 0.0110. The van der Waals surface area contributed by atoms with Crippen molar-refractivity contribution in [2.75, 3.05) is 23.9 Å². The van der Waals surface area contributed by atoms with E-state index < -0.39 is 34.3 Å². The number of hydrogen-bond donors (Lipinski definition) is 1. The fraction of sp³-hybridized carbons (Fsp3) is 0.462. The molecule has 1 unspecified atom stereocenters. The standard InChI is InChI=1S/C26H32FN3O6S/c1-18(26(32)28-21-6-4-3-5-7-21)29(15-19-8-10-20(27)11-9-19)25(31)16-30(37(2,33)34)22-12-13-23-24(14-22)36-17-35-23/h8-14,18,21H,3-7,15-17H2,1-2H3,(H,28,32). The number of hydrogen-bond acceptors (Lipinski definition) is 6. The summed E-state index contributed by atoms with van der Waals surface area (Å²) in [5.74, 6) is -0.442. The molecule has 2 aliphatic rings. The summed E-state index contributed by atoms with van der Waals surface area (Å²) in [7, 11) is -3.87. The second kappa shape index (κ2) is 11.4. The van der Waals surface area contributed by atoms with E-state index in [0.717, 1.165) is 42.7 Å². The fourth-order valence-corrected chi connectivity index (χ4v) is 5.43. The van der Waals surface area contributed by atoms with Crippen LogP contribution in [0, 0.1) is 5.82 Å². The number of nitrogens with one attached hydrogen (secondary N) is 1. The SMILES string of the molecule is CC(C(=O)NC1CCCCC1)N(Cc1ccc(F)cc1)C(=O)CN(c1ccc2c(c1)OCO2)S(C)(=O)=O. The molecule has 1 aliphatic heterocycles. The topological polar surface area (TPSA) is 105 Å². The third kappa shape index (κ3) is 6.71. The first-order valence-electron chi connectivity index (χ1n) is 12.3. The molecule has 2 amide bonds. The Kier molecular flexibility index (Phi) is 8.21. The quantitative estimate of drug-likeness (QED) is 0.531. The molecule has 1 saturated carbocycles. The van der Waals surface area contributed by atoms with Crippen molar-refractivity contribution in [3.63, 3.8) is 0 Å². The predicted molar refractivity (Wildman–Crippen MR) is 136 cm³/mol. The molecule has 1 aliphatic carbocycles. The molecule has 1 heterocycles. The Morgan fingerprint density at radius 3 is 2.41 bits per heavy atom. The molecule has 37 heavy (non-hydrogen) atoms. The highest BCUT2D eigenvalue weighted by Gasteiger charge is 2.31. The molecule has 0 bridgehead atoms. The zero-order chi connectivity index (χ0) is 26.6. The van der Waals surface area contributed by atoms with Gasteiger partial charge in [-0.05, 0) is 49.6 Å². The van der Waals surface area contributed by atoms with Gasteiger partial charge < -0.3 is 19.7 Å². The maximum atomic E-state index is 13.6. The van der Waals surface area contributed by atoms with Crippen molar-refractivity contribution >= 4 is 27.5 Å². The van der Waals surface area contributed by atoms with Crippen LogP contribution in [-0.2, 0) is 26.2 Å². The lowest BCUT2D eigenvalue weighted by Gasteiger charge is -2.33. The Bertz CT molecular complexity index is 1230. The van der Waals surface area contributed by atoms with E-state index in [4.69, 9.17) is 9.47 Å². The van der Waals surface area contributed by atoms with Crippen LogP contribution in [0.25, 0.3) is 0 Å². The molecule has 2 aromatic carbocycles. The first kappa shape index (κ1) is 26.7. The van der Waals surface area contributed by atoms with Crippen LogP contribution < -0.4 is 19.1 Å². The van der Waals surface area contributed by atoms with Gasteiger partial charge in [0, 0.05) is 18.7 Å². The van der Waals surface area contributed by atoms with Crippen molar-refractivity contribution in [2.45, 2.75) is 57.7 Å². The molecule has 9 nitrogen and oxygen atoms in total. The Labute approximate surface area is 216 Å². The number of anilines is 1. The summed E-state index contributed by atoms with van der Waals surface area (Å²) in [4.78, 5) is 28.1. The number of ether oxygens (including phenoxy) is 2. The minimum atomic E-state index is -3.87. The highest BCUT2D eigenvalue weighted by Crippen LogP contribution is 2.36. The molecule has 200 valence electrons. The molecule has 1 fully saturated rings. The normalized spacial score (nSPS) is 16.2. The summed E-state index contributed by atoms with van der Waals surface area (Å²) in [5, 5.41) is 3.04. The van der Waals surface area contributed by atoms with Crippen molar-refractivity contribution in [1.82, 2.24) is 10.2 Å². The number of rotatable bonds is 9. The lowest BCUT2D eigenvalue weighted by Crippen LogP contribution is -2.52. The van der Waals surface area contributed by atoms with Crippen molar-refractivity contribution in [3.8, 4) is 11.5 Å². The van der Waals surface area contributed by atoms with Crippen LogP contribution in [0.1, 0.15) is 44.6 Å². The van der Waals surface area contributed by atoms with E-state index in [1.165, 1.54) is 41.3 Å². The molecule has 0 radical (unpaired) electrons. The van der Waals surface area contributed by atoms with E-state index in [-0.39, 0.29) is 31.0 Å². The average Bonchev–Trinajstić information content (AvgIpc) is 3.34. The Morgan fingerprint density at radius 1 is 1.05 bits per heavy atom. The van der Waals surface area contributed by atoms with E-state index >= 15 is 0 Å². The number of benzene rings is 2. The molecule has 1 N–H and O–H groups in total. The Hall–Kier alpha value is -3.34. The first-order valence-corrected chi connectivity index (χ1v) is 14.2. The molecule has 11 heteroatoms. The van der Waals surface area contributed by atoms with E-state index in [1.807, 2.05) is 0 Å². The maximum absolute atomic E-state index is 13.6. The van der Waals surface area contributed by atoms with E-state index in [0.29, 0.717) is 17.1 Å². The van der Waals surface area contributed by atoms with Gasteiger partial charge in [0.2, 0.25) is 28.6 Å². The summed E-state index contributed by atoms with van der Waals surface area (Å²) in [6.45, 7) is 1.12. The number of sulfonamides is 1. The van der Waals surface area contributed by atoms with Crippen LogP contribution >= 0.6 is 0 Å². The summed E-state index contributed by atoms with van der Waals surface area (Å²) in [6, 6.07) is 9.41. The van der Waals surface area contributed by atoms with Crippen LogP contribution in [0.3, 0.4) is 0 Å². The van der Waals surface area contributed by atoms with Gasteiger partial charge in [-0.1, -0.05) is 31.4 Å². The van der Waals surface area contributed by atoms with Crippen LogP contribution in [-0.4, -0.2) is 56.8 Å². The molecule has 0 aromatic heterocycles. The molecule has 0 spiro atoms. The van der Waals surface area contributed by atoms with Gasteiger partial charge >= 0.3 is 0 Å². The van der Waals surface area contributed by atoms with Crippen LogP contribution in [0.4, 0.5) is 10.1 Å². The van der Waals surface area contributed by atoms with Gasteiger partial charge in [0.1, 0.15) is 18.4 Å². The van der Waals surface area contributed by atoms with Gasteiger partial charge in [-0.15, -0.1) is 0 Å². The van der Waals surface area contributed by atoms with Gasteiger partial charge in [-0.25, -0.2) is 12.8 Å². The fourth-order valence-electron chi connectivity index (χ4n) is 4.59. The first-order chi connectivity index (χ1) is 17.6. The Morgan fingerprint density at radius 2 is 1.73 bits per heavy atom. The summed E-state index contributed by atoms with van der Waals surface area (Å²) in [5.41, 5.74) is 0.849. The van der Waals surface area contributed by atoms with Gasteiger partial charge in [0.15, 0.2) is 11.5 Å². The number of fused-ring (bicyclic) bond motifs is 1. The van der Waals surface area contributed by atoms with Gasteiger partial charge in [-0.2, -0.15) is 0 Å². The van der Waals surface area contributed by atoms with Crippen LogP contribution in [0.15, 0.2) is 42.5 Å². The lowest BCUT2D eigenvalue weighted by molar-refractivity contribution is -0.139. The number of amides is 2. The maximum Gasteiger partial charge on any atom is 0.244 e. The van der Waals surface area contributed by atoms with Gasteiger partial charge in [0.25, 0.3) is 0 Å². The van der Waals surface area contributed by atoms with Crippen LogP contribution in [0.5, 0.6) is 11.5 Å². The zero-order valence-corrected chi connectivity index (χ0v) is 21.8. The molecular formula is C26H32FN3O6S. The van der Waals surface area contributed by atoms with Gasteiger partial charge in [-0.3, -0.25) is 13.9 Å². The third-order valence-corrected chi connectivity index (χ3v) is 7.85. The summed E-state index contributed by atoms with van der Waals surface area (Å²) in [6.07, 6.45) is 5.99. The summed E-state index contributed by atoms with van der Waals surface area (Å²) >= 11 is 0. The monoisotopic (exact) mass is 533 g/mol. The highest BCUT2D eigenvalue weighted by molar-refractivity contribution is 7.92. The van der Waals surface area contributed by atoms with Crippen LogP contribution in [0.2, 0.25) is 0 Å². The Balaban J connectivity index is 1.58. The summed E-state index contributed by atoms with van der Waals surface area (Å²) < 4.78 is 50.5. The number of carbonyl (C=O) groups excluding carboxylic acids is 2. The van der Waals surface area contributed by atoms with Crippen molar-refractivity contribution in [1.29, 1.82) is 0 Å². The third-order valence-electron chi connectivity index (χ3n) is 6.71. The van der Waals surface area contributed by atoms with Crippen molar-refractivity contribution in [3.05, 3.63) is 53.8 Å². The molecule has 1 atom stereocenters.